The number of nitrogens with one attached hydrogen (secondary N) is 1. The van der Waals surface area contributed by atoms with Gasteiger partial charge in [-0.15, -0.1) is 0 Å². The summed E-state index contributed by atoms with van der Waals surface area (Å²) in [5, 5.41) is 10.9. The smallest absolute Gasteiger partial charge is 0.160 e. The summed E-state index contributed by atoms with van der Waals surface area (Å²) in [5.41, 5.74) is 3.85. The molecule has 0 spiro atoms. The summed E-state index contributed by atoms with van der Waals surface area (Å²) in [7, 11) is 3.83. The summed E-state index contributed by atoms with van der Waals surface area (Å²) in [6.07, 6.45) is 3.08. The van der Waals surface area contributed by atoms with Gasteiger partial charge in [-0.3, -0.25) is 0 Å². The van der Waals surface area contributed by atoms with Gasteiger partial charge in [0, 0.05) is 23.4 Å². The number of aryl methyl sites for hydroxylation is 1. The van der Waals surface area contributed by atoms with E-state index >= 15 is 0 Å². The van der Waals surface area contributed by atoms with Gasteiger partial charge in [0.15, 0.2) is 11.5 Å². The van der Waals surface area contributed by atoms with E-state index in [1.807, 2.05) is 24.3 Å². The number of hydrogen-bond acceptors (Lipinski definition) is 2. The monoisotopic (exact) mass is 367 g/mol. The first-order chi connectivity index (χ1) is 11.1. The molecule has 2 atom stereocenters. The van der Waals surface area contributed by atoms with Crippen molar-refractivity contribution in [3.8, 4) is 11.5 Å². The van der Waals surface area contributed by atoms with Crippen molar-refractivity contribution < 1.29 is 27.2 Å². The lowest BCUT2D eigenvalue weighted by molar-refractivity contribution is -0.915. The van der Waals surface area contributed by atoms with Crippen LogP contribution in [0.25, 0.3) is 0 Å². The number of rotatable bonds is 4. The van der Waals surface area contributed by atoms with Gasteiger partial charge in [0.1, 0.15) is 6.04 Å². The molecule has 0 saturated heterocycles. The third kappa shape index (κ3) is 3.97. The van der Waals surface area contributed by atoms with E-state index in [4.69, 9.17) is 16.3 Å². The minimum atomic E-state index is 0. The molecule has 3 rings (SSSR count). The maximum Gasteiger partial charge on any atom is 0.160 e. The number of methoxy groups -OCH3 is 1. The fourth-order valence-electron chi connectivity index (χ4n) is 3.47. The molecule has 0 saturated carbocycles. The minimum Gasteiger partial charge on any atom is -1.00 e. The van der Waals surface area contributed by atoms with Gasteiger partial charge in [-0.2, -0.15) is 0 Å². The standard InChI is InChI=1S/C19H22ClNO2.ClH/c1-21-10-9-14-11-19(23-2)18(22)12-16(14)17(21)8-5-13-3-6-15(20)7-4-13;/h3-4,6-7,11-12,17,22H,5,8-10H2,1-2H3;1H/t17-;/m1./s1. The Kier molecular flexibility index (Phi) is 6.39. The maximum atomic E-state index is 10.1. The van der Waals surface area contributed by atoms with Gasteiger partial charge >= 0.3 is 0 Å². The van der Waals surface area contributed by atoms with Gasteiger partial charge in [-0.1, -0.05) is 23.7 Å². The quantitative estimate of drug-likeness (QED) is 0.784. The number of quaternary nitrogens is 1. The molecular weight excluding hydrogens is 345 g/mol. The number of ether oxygens (including phenoxy) is 1. The van der Waals surface area contributed by atoms with Gasteiger partial charge in [0.2, 0.25) is 0 Å². The Morgan fingerprint density at radius 3 is 2.62 bits per heavy atom. The molecule has 0 aromatic heterocycles. The van der Waals surface area contributed by atoms with Crippen molar-refractivity contribution in [2.75, 3.05) is 20.7 Å². The molecule has 0 fully saturated rings. The first-order valence-electron chi connectivity index (χ1n) is 8.05. The van der Waals surface area contributed by atoms with Crippen LogP contribution in [-0.4, -0.2) is 25.8 Å². The Labute approximate surface area is 154 Å². The Morgan fingerprint density at radius 1 is 1.25 bits per heavy atom. The molecule has 24 heavy (non-hydrogen) atoms. The maximum absolute atomic E-state index is 10.1. The van der Waals surface area contributed by atoms with Gasteiger partial charge in [-0.25, -0.2) is 0 Å². The van der Waals surface area contributed by atoms with Gasteiger partial charge in [0.05, 0.1) is 20.7 Å². The summed E-state index contributed by atoms with van der Waals surface area (Å²) in [5.74, 6) is 0.803. The van der Waals surface area contributed by atoms with Crippen molar-refractivity contribution in [2.24, 2.45) is 0 Å². The van der Waals surface area contributed by atoms with E-state index in [-0.39, 0.29) is 18.2 Å². The fourth-order valence-corrected chi connectivity index (χ4v) is 3.59. The van der Waals surface area contributed by atoms with Crippen molar-refractivity contribution in [1.29, 1.82) is 0 Å². The highest BCUT2D eigenvalue weighted by Crippen LogP contribution is 2.34. The van der Waals surface area contributed by atoms with Crippen molar-refractivity contribution in [2.45, 2.75) is 25.3 Å². The summed E-state index contributed by atoms with van der Waals surface area (Å²) >= 11 is 5.95. The predicted molar refractivity (Wildman–Crippen MR) is 92.6 cm³/mol. The van der Waals surface area contributed by atoms with E-state index in [1.165, 1.54) is 21.6 Å². The zero-order valence-corrected chi connectivity index (χ0v) is 15.5. The summed E-state index contributed by atoms with van der Waals surface area (Å²) in [6.45, 7) is 1.10. The normalized spacial score (nSPS) is 19.3. The van der Waals surface area contributed by atoms with Crippen LogP contribution in [0.3, 0.4) is 0 Å². The molecule has 3 nitrogen and oxygen atoms in total. The van der Waals surface area contributed by atoms with E-state index in [1.54, 1.807) is 7.11 Å². The molecule has 130 valence electrons. The molecule has 0 radical (unpaired) electrons. The zero-order chi connectivity index (χ0) is 16.4. The van der Waals surface area contributed by atoms with Crippen molar-refractivity contribution in [3.05, 3.63) is 58.1 Å². The van der Waals surface area contributed by atoms with E-state index in [9.17, 15) is 5.11 Å². The summed E-state index contributed by atoms with van der Waals surface area (Å²) in [6, 6.07) is 12.3. The molecule has 2 N–H and O–H groups in total. The summed E-state index contributed by atoms with van der Waals surface area (Å²) < 4.78 is 5.24. The number of benzene rings is 2. The van der Waals surface area contributed by atoms with Crippen LogP contribution >= 0.6 is 11.6 Å². The SMILES string of the molecule is COc1cc2c(cc1O)[C@@H](CCc1ccc(Cl)cc1)[NH+](C)CC2.[Cl-]. The molecule has 1 heterocycles. The van der Waals surface area contributed by atoms with Gasteiger partial charge in [-0.05, 0) is 41.8 Å². The lowest BCUT2D eigenvalue weighted by Crippen LogP contribution is -3.10. The van der Waals surface area contributed by atoms with Crippen LogP contribution in [-0.2, 0) is 12.8 Å². The second kappa shape index (κ2) is 8.11. The molecule has 2 aromatic rings. The first-order valence-corrected chi connectivity index (χ1v) is 8.43. The first kappa shape index (κ1) is 18.9. The van der Waals surface area contributed by atoms with Crippen molar-refractivity contribution in [1.82, 2.24) is 0 Å². The Bertz CT molecular complexity index is 689. The van der Waals surface area contributed by atoms with Crippen LogP contribution < -0.4 is 22.0 Å². The number of phenols is 1. The van der Waals surface area contributed by atoms with Crippen LogP contribution in [0.15, 0.2) is 36.4 Å². The number of halogens is 2. The highest BCUT2D eigenvalue weighted by atomic mass is 35.5. The molecule has 1 aliphatic heterocycles. The topological polar surface area (TPSA) is 33.9 Å². The van der Waals surface area contributed by atoms with Crippen molar-refractivity contribution >= 4 is 11.6 Å². The molecule has 5 heteroatoms. The van der Waals surface area contributed by atoms with E-state index in [0.29, 0.717) is 11.8 Å². The molecule has 2 aromatic carbocycles. The third-order valence-electron chi connectivity index (χ3n) is 4.83. The highest BCUT2D eigenvalue weighted by Gasteiger charge is 2.29. The number of hydrogen-bond donors (Lipinski definition) is 2. The second-order valence-corrected chi connectivity index (χ2v) is 6.72. The predicted octanol–water partition coefficient (Wildman–Crippen LogP) is -0.197. The van der Waals surface area contributed by atoms with E-state index in [2.05, 4.69) is 19.2 Å². The Balaban J connectivity index is 0.00000208. The number of likely N-dealkylation sites (N-methyl/N-ethyl adjacent to an activating group) is 1. The molecule has 1 unspecified atom stereocenters. The molecule has 0 aliphatic carbocycles. The lowest BCUT2D eigenvalue weighted by atomic mass is 9.89. The fraction of sp³-hybridized carbons (Fsp3) is 0.368. The average Bonchev–Trinajstić information content (AvgIpc) is 2.55. The van der Waals surface area contributed by atoms with E-state index < -0.39 is 0 Å². The zero-order valence-electron chi connectivity index (χ0n) is 14.0. The molecule has 1 aliphatic rings. The average molecular weight is 368 g/mol. The van der Waals surface area contributed by atoms with Crippen LogP contribution in [0, 0.1) is 0 Å². The number of fused-ring (bicyclic) bond motifs is 1. The highest BCUT2D eigenvalue weighted by molar-refractivity contribution is 6.30. The Hall–Kier alpha value is -1.42. The largest absolute Gasteiger partial charge is 1.00 e. The third-order valence-corrected chi connectivity index (χ3v) is 5.09. The van der Waals surface area contributed by atoms with Crippen LogP contribution in [0.1, 0.15) is 29.2 Å². The minimum absolute atomic E-state index is 0. The van der Waals surface area contributed by atoms with Crippen LogP contribution in [0.5, 0.6) is 11.5 Å². The molecular formula is C19H23Cl2NO2. The number of phenolic OH excluding ortho intramolecular Hbond substituents is 1. The van der Waals surface area contributed by atoms with Crippen LogP contribution in [0.4, 0.5) is 0 Å². The number of aromatic hydroxyl groups is 1. The van der Waals surface area contributed by atoms with Gasteiger partial charge < -0.3 is 27.2 Å². The molecule has 0 bridgehead atoms. The van der Waals surface area contributed by atoms with Gasteiger partial charge in [0.25, 0.3) is 0 Å². The molecule has 0 amide bonds. The van der Waals surface area contributed by atoms with Crippen LogP contribution in [0.2, 0.25) is 5.02 Å². The van der Waals surface area contributed by atoms with E-state index in [0.717, 1.165) is 30.8 Å². The Morgan fingerprint density at radius 2 is 1.96 bits per heavy atom. The second-order valence-electron chi connectivity index (χ2n) is 6.29. The lowest BCUT2D eigenvalue weighted by Gasteiger charge is -2.32. The van der Waals surface area contributed by atoms with Crippen molar-refractivity contribution in [3.63, 3.8) is 0 Å². The summed E-state index contributed by atoms with van der Waals surface area (Å²) in [4.78, 5) is 1.50.